The molecule has 0 N–H and O–H groups in total. The van der Waals surface area contributed by atoms with Crippen LogP contribution in [0, 0.1) is 0 Å². The second-order valence-corrected chi connectivity index (χ2v) is 7.26. The lowest BCUT2D eigenvalue weighted by molar-refractivity contribution is 0.0267. The highest BCUT2D eigenvalue weighted by molar-refractivity contribution is 8.05. The van der Waals surface area contributed by atoms with Crippen LogP contribution in [-0.4, -0.2) is 73.2 Å². The van der Waals surface area contributed by atoms with Gasteiger partial charge in [-0.25, -0.2) is 4.79 Å². The molecule has 23 heavy (non-hydrogen) atoms. The molecule has 5 nitrogen and oxygen atoms in total. The fraction of sp³-hybridized carbons (Fsp3) is 0.588. The number of amides is 1. The number of likely N-dealkylation sites (tertiary alicyclic amines) is 1. The Hall–Kier alpha value is -1.40. The molecule has 0 aliphatic carbocycles. The molecule has 0 aromatic rings. The van der Waals surface area contributed by atoms with Crippen LogP contribution in [0.15, 0.2) is 34.7 Å². The summed E-state index contributed by atoms with van der Waals surface area (Å²) in [5.74, 6) is 0. The fourth-order valence-corrected chi connectivity index (χ4v) is 3.93. The summed E-state index contributed by atoms with van der Waals surface area (Å²) >= 11 is 1.74. The van der Waals surface area contributed by atoms with E-state index in [1.165, 1.54) is 5.03 Å². The Bertz CT molecular complexity index is 516. The number of hydrogen-bond acceptors (Lipinski definition) is 5. The number of thioether (sulfide) groups is 1. The third-order valence-corrected chi connectivity index (χ3v) is 5.45. The van der Waals surface area contributed by atoms with Crippen molar-refractivity contribution in [3.05, 3.63) is 34.7 Å². The second-order valence-electron chi connectivity index (χ2n) is 6.34. The van der Waals surface area contributed by atoms with E-state index < -0.39 is 0 Å². The maximum atomic E-state index is 12.2. The highest BCUT2D eigenvalue weighted by Gasteiger charge is 2.27. The number of piperazine rings is 1. The molecule has 3 aliphatic rings. The zero-order valence-corrected chi connectivity index (χ0v) is 14.6. The highest BCUT2D eigenvalue weighted by atomic mass is 32.2. The van der Waals surface area contributed by atoms with Crippen molar-refractivity contribution in [2.45, 2.75) is 18.9 Å². The van der Waals surface area contributed by atoms with Crippen LogP contribution in [0.4, 0.5) is 4.79 Å². The van der Waals surface area contributed by atoms with Crippen LogP contribution < -0.4 is 0 Å². The SMILES string of the molecule is C=C1C=CSC(N2CCC(OC(=O)N3CCN(C)CC3)CC2)=C1. The van der Waals surface area contributed by atoms with Crippen LogP contribution in [0.5, 0.6) is 0 Å². The number of carbonyl (C=O) groups is 1. The van der Waals surface area contributed by atoms with Gasteiger partial charge in [-0.1, -0.05) is 18.3 Å². The van der Waals surface area contributed by atoms with Gasteiger partial charge in [-0.2, -0.15) is 0 Å². The molecular weight excluding hydrogens is 310 g/mol. The van der Waals surface area contributed by atoms with Crippen molar-refractivity contribution in [3.63, 3.8) is 0 Å². The lowest BCUT2D eigenvalue weighted by atomic mass is 10.1. The van der Waals surface area contributed by atoms with E-state index in [1.54, 1.807) is 11.8 Å². The quantitative estimate of drug-likeness (QED) is 0.775. The zero-order valence-electron chi connectivity index (χ0n) is 13.7. The van der Waals surface area contributed by atoms with Gasteiger partial charge < -0.3 is 19.4 Å². The molecule has 1 amide bonds. The highest BCUT2D eigenvalue weighted by Crippen LogP contribution is 2.30. The summed E-state index contributed by atoms with van der Waals surface area (Å²) < 4.78 is 5.71. The molecular formula is C17H25N3O2S. The largest absolute Gasteiger partial charge is 0.446 e. The van der Waals surface area contributed by atoms with Gasteiger partial charge in [-0.05, 0) is 30.2 Å². The van der Waals surface area contributed by atoms with Gasteiger partial charge >= 0.3 is 6.09 Å². The number of allylic oxidation sites excluding steroid dienone is 3. The molecule has 3 heterocycles. The van der Waals surface area contributed by atoms with Gasteiger partial charge in [0, 0.05) is 52.1 Å². The Kier molecular flexibility index (Phi) is 5.33. The van der Waals surface area contributed by atoms with Gasteiger partial charge in [0.05, 0.1) is 5.03 Å². The summed E-state index contributed by atoms with van der Waals surface area (Å²) in [6.45, 7) is 9.25. The summed E-state index contributed by atoms with van der Waals surface area (Å²) in [6, 6.07) is 0. The van der Waals surface area contributed by atoms with E-state index >= 15 is 0 Å². The number of carbonyl (C=O) groups excluding carboxylic acids is 1. The standard InChI is InChI=1S/C17H25N3O2S/c1-14-5-12-23-16(13-14)19-6-3-15(4-7-19)22-17(21)20-10-8-18(2)9-11-20/h5,12-13,15H,1,3-4,6-11H2,2H3. The van der Waals surface area contributed by atoms with Crippen molar-refractivity contribution in [3.8, 4) is 0 Å². The van der Waals surface area contributed by atoms with E-state index in [2.05, 4.69) is 34.9 Å². The van der Waals surface area contributed by atoms with E-state index in [0.717, 1.165) is 57.7 Å². The van der Waals surface area contributed by atoms with E-state index in [1.807, 2.05) is 11.0 Å². The normalized spacial score (nSPS) is 23.9. The Morgan fingerprint density at radius 2 is 1.91 bits per heavy atom. The molecule has 0 unspecified atom stereocenters. The number of ether oxygens (including phenoxy) is 1. The molecule has 0 aromatic carbocycles. The second kappa shape index (κ2) is 7.45. The van der Waals surface area contributed by atoms with Gasteiger partial charge in [0.2, 0.25) is 0 Å². The molecule has 3 aliphatic heterocycles. The number of nitrogens with zero attached hydrogens (tertiary/aromatic N) is 3. The number of piperidine rings is 1. The van der Waals surface area contributed by atoms with Crippen molar-refractivity contribution in [2.75, 3.05) is 46.3 Å². The molecule has 0 aromatic heterocycles. The van der Waals surface area contributed by atoms with Crippen molar-refractivity contribution >= 4 is 17.9 Å². The van der Waals surface area contributed by atoms with Crippen LogP contribution in [0.25, 0.3) is 0 Å². The first kappa shape index (κ1) is 16.5. The maximum Gasteiger partial charge on any atom is 0.410 e. The van der Waals surface area contributed by atoms with E-state index in [4.69, 9.17) is 4.74 Å². The van der Waals surface area contributed by atoms with Crippen molar-refractivity contribution in [1.29, 1.82) is 0 Å². The summed E-state index contributed by atoms with van der Waals surface area (Å²) in [5, 5.41) is 3.33. The molecule has 126 valence electrons. The molecule has 2 fully saturated rings. The van der Waals surface area contributed by atoms with Crippen molar-refractivity contribution in [2.24, 2.45) is 0 Å². The zero-order chi connectivity index (χ0) is 16.2. The summed E-state index contributed by atoms with van der Waals surface area (Å²) in [6.07, 6.45) is 5.85. The van der Waals surface area contributed by atoms with Crippen LogP contribution in [0.3, 0.4) is 0 Å². The van der Waals surface area contributed by atoms with Gasteiger partial charge in [-0.3, -0.25) is 0 Å². The maximum absolute atomic E-state index is 12.2. The third kappa shape index (κ3) is 4.32. The Labute approximate surface area is 142 Å². The molecule has 0 atom stereocenters. The lowest BCUT2D eigenvalue weighted by Gasteiger charge is -2.36. The molecule has 2 saturated heterocycles. The van der Waals surface area contributed by atoms with Gasteiger partial charge in [-0.15, -0.1) is 0 Å². The van der Waals surface area contributed by atoms with Gasteiger partial charge in [0.1, 0.15) is 6.10 Å². The first-order valence-electron chi connectivity index (χ1n) is 8.24. The van der Waals surface area contributed by atoms with Gasteiger partial charge in [0.15, 0.2) is 0 Å². The molecule has 0 bridgehead atoms. The van der Waals surface area contributed by atoms with E-state index in [9.17, 15) is 4.79 Å². The van der Waals surface area contributed by atoms with Crippen LogP contribution >= 0.6 is 11.8 Å². The molecule has 0 spiro atoms. The fourth-order valence-electron chi connectivity index (χ4n) is 3.00. The predicted octanol–water partition coefficient (Wildman–Crippen LogP) is 2.49. The number of likely N-dealkylation sites (N-methyl/N-ethyl adjacent to an activating group) is 1. The van der Waals surface area contributed by atoms with Crippen molar-refractivity contribution < 1.29 is 9.53 Å². The smallest absolute Gasteiger partial charge is 0.410 e. The Morgan fingerprint density at radius 1 is 1.22 bits per heavy atom. The van der Waals surface area contributed by atoms with E-state index in [-0.39, 0.29) is 12.2 Å². The monoisotopic (exact) mass is 335 g/mol. The first-order valence-corrected chi connectivity index (χ1v) is 9.12. The average molecular weight is 335 g/mol. The Balaban J connectivity index is 1.44. The van der Waals surface area contributed by atoms with E-state index in [0.29, 0.717) is 0 Å². The summed E-state index contributed by atoms with van der Waals surface area (Å²) in [4.78, 5) is 18.7. The molecule has 6 heteroatoms. The minimum Gasteiger partial charge on any atom is -0.446 e. The molecule has 0 radical (unpaired) electrons. The van der Waals surface area contributed by atoms with Gasteiger partial charge in [0.25, 0.3) is 0 Å². The third-order valence-electron chi connectivity index (χ3n) is 4.56. The minimum absolute atomic E-state index is 0.0475. The lowest BCUT2D eigenvalue weighted by Crippen LogP contribution is -2.48. The topological polar surface area (TPSA) is 36.0 Å². The summed E-state index contributed by atoms with van der Waals surface area (Å²) in [7, 11) is 2.08. The molecule has 0 saturated carbocycles. The van der Waals surface area contributed by atoms with Crippen LogP contribution in [0.1, 0.15) is 12.8 Å². The Morgan fingerprint density at radius 3 is 2.57 bits per heavy atom. The van der Waals surface area contributed by atoms with Crippen LogP contribution in [0.2, 0.25) is 0 Å². The average Bonchev–Trinajstić information content (AvgIpc) is 2.56. The number of hydrogen-bond donors (Lipinski definition) is 0. The first-order chi connectivity index (χ1) is 11.1. The number of rotatable bonds is 2. The van der Waals surface area contributed by atoms with Crippen LogP contribution in [-0.2, 0) is 4.74 Å². The minimum atomic E-state index is -0.140. The summed E-state index contributed by atoms with van der Waals surface area (Å²) in [5.41, 5.74) is 1.04. The van der Waals surface area contributed by atoms with Crippen molar-refractivity contribution in [1.82, 2.24) is 14.7 Å². The molecule has 3 rings (SSSR count). The predicted molar refractivity (Wildman–Crippen MR) is 94.1 cm³/mol.